The number of alkyl halides is 3. The highest BCUT2D eigenvalue weighted by Gasteiger charge is 2.42. The molecule has 1 saturated carbocycles. The summed E-state index contributed by atoms with van der Waals surface area (Å²) in [7, 11) is 2.78. The summed E-state index contributed by atoms with van der Waals surface area (Å²) < 4.78 is 72.2. The van der Waals surface area contributed by atoms with Gasteiger partial charge in [-0.15, -0.1) is 0 Å². The van der Waals surface area contributed by atoms with Gasteiger partial charge < -0.3 is 19.1 Å². The molecular weight excluding hydrogens is 606 g/mol. The summed E-state index contributed by atoms with van der Waals surface area (Å²) in [6.45, 7) is 4.96. The molecule has 8 nitrogen and oxygen atoms in total. The molecular formula is C34H35F4N3O5. The van der Waals surface area contributed by atoms with Crippen molar-refractivity contribution < 1.29 is 41.4 Å². The van der Waals surface area contributed by atoms with E-state index in [1.54, 1.807) is 26.0 Å². The number of halogens is 4. The summed E-state index contributed by atoms with van der Waals surface area (Å²) in [6.07, 6.45) is -4.21. The van der Waals surface area contributed by atoms with Gasteiger partial charge in [0.1, 0.15) is 23.5 Å². The van der Waals surface area contributed by atoms with Crippen molar-refractivity contribution in [2.24, 2.45) is 5.92 Å². The van der Waals surface area contributed by atoms with Crippen molar-refractivity contribution in [2.75, 3.05) is 32.2 Å². The minimum Gasteiger partial charge on any atom is -0.496 e. The zero-order chi connectivity index (χ0) is 32.9. The molecule has 3 fully saturated rings. The number of aromatic nitrogens is 1. The van der Waals surface area contributed by atoms with Gasteiger partial charge in [0, 0.05) is 30.3 Å². The minimum atomic E-state index is -4.55. The van der Waals surface area contributed by atoms with Crippen molar-refractivity contribution in [1.29, 1.82) is 0 Å². The lowest BCUT2D eigenvalue weighted by atomic mass is 9.71. The fourth-order valence-electron chi connectivity index (χ4n) is 6.53. The van der Waals surface area contributed by atoms with Gasteiger partial charge in [-0.1, -0.05) is 11.6 Å². The molecule has 0 radical (unpaired) electrons. The van der Waals surface area contributed by atoms with E-state index in [0.29, 0.717) is 40.8 Å². The van der Waals surface area contributed by atoms with Crippen molar-refractivity contribution in [3.8, 4) is 16.9 Å². The maximum absolute atomic E-state index is 15.3. The highest BCUT2D eigenvalue weighted by Crippen LogP contribution is 2.46. The zero-order valence-corrected chi connectivity index (χ0v) is 26.0. The number of aryl methyl sites for hydroxylation is 1. The number of benzene rings is 2. The van der Waals surface area contributed by atoms with E-state index in [1.807, 2.05) is 12.1 Å². The van der Waals surface area contributed by atoms with Gasteiger partial charge in [-0.2, -0.15) is 13.2 Å². The van der Waals surface area contributed by atoms with Crippen LogP contribution >= 0.6 is 0 Å². The number of nitrogens with zero attached hydrogens (tertiary/aromatic N) is 3. The van der Waals surface area contributed by atoms with Crippen molar-refractivity contribution >= 4 is 17.9 Å². The number of hydrogen-bond acceptors (Lipinski definition) is 7. The highest BCUT2D eigenvalue weighted by atomic mass is 19.4. The van der Waals surface area contributed by atoms with Crippen LogP contribution in [0.4, 0.5) is 28.2 Å². The molecule has 3 aliphatic rings. The van der Waals surface area contributed by atoms with Crippen LogP contribution in [-0.4, -0.2) is 55.3 Å². The van der Waals surface area contributed by atoms with Crippen LogP contribution in [0.5, 0.6) is 5.75 Å². The van der Waals surface area contributed by atoms with Crippen molar-refractivity contribution in [3.63, 3.8) is 0 Å². The second-order valence-corrected chi connectivity index (χ2v) is 12.3. The predicted molar refractivity (Wildman–Crippen MR) is 161 cm³/mol. The molecule has 2 atom stereocenters. The number of hydrogen-bond donors (Lipinski definition) is 0. The van der Waals surface area contributed by atoms with Crippen LogP contribution in [0.15, 0.2) is 42.5 Å². The topological polar surface area (TPSA) is 81.2 Å². The Morgan fingerprint density at radius 2 is 1.80 bits per heavy atom. The Morgan fingerprint density at radius 1 is 1.07 bits per heavy atom. The van der Waals surface area contributed by atoms with Gasteiger partial charge in [0.15, 0.2) is 0 Å². The van der Waals surface area contributed by atoms with Gasteiger partial charge in [-0.25, -0.2) is 14.2 Å². The quantitative estimate of drug-likeness (QED) is 0.190. The van der Waals surface area contributed by atoms with Gasteiger partial charge in [0.25, 0.3) is 0 Å². The molecule has 0 spiro atoms. The number of ether oxygens (including phenoxy) is 3. The van der Waals surface area contributed by atoms with Crippen molar-refractivity contribution in [2.45, 2.75) is 63.9 Å². The standard InChI is InChI=1S/C34H35F4N3O5/c1-18-10-21(14-23(11-18)34(36,37)38)31-19(2)41(33(43)46-31)17-28-24(6-7-30(39-28)40-8-5-9-40)26-15-25(27(35)16-29(26)44-3)20-12-22(13-20)32(42)45-4/h6-7,10-11,14-16,19-20,22,31H,5,8-9,12-13,17H2,1-4H3/t19-,20?,22?,31-/m0/s1. The smallest absolute Gasteiger partial charge is 0.416 e. The lowest BCUT2D eigenvalue weighted by Crippen LogP contribution is -2.38. The summed E-state index contributed by atoms with van der Waals surface area (Å²) in [6, 6.07) is 9.84. The fourth-order valence-corrected chi connectivity index (χ4v) is 6.53. The van der Waals surface area contributed by atoms with E-state index >= 15 is 4.39 Å². The Hall–Kier alpha value is -4.35. The molecule has 1 aliphatic carbocycles. The van der Waals surface area contributed by atoms with Crippen LogP contribution in [-0.2, 0) is 27.0 Å². The Bertz CT molecular complexity index is 1670. The normalized spacial score (nSPS) is 22.7. The fraction of sp³-hybridized carbons (Fsp3) is 0.441. The first-order chi connectivity index (χ1) is 21.9. The van der Waals surface area contributed by atoms with Crippen molar-refractivity contribution in [3.05, 3.63) is 76.2 Å². The first kappa shape index (κ1) is 31.6. The molecule has 1 aromatic heterocycles. The number of esters is 1. The predicted octanol–water partition coefficient (Wildman–Crippen LogP) is 7.18. The molecule has 0 bridgehead atoms. The molecule has 46 heavy (non-hydrogen) atoms. The molecule has 2 saturated heterocycles. The SMILES string of the molecule is COC(=O)C1CC(c2cc(-c3ccc(N4CCC4)nc3CN3C(=O)O[C@H](c4cc(C)cc(C(F)(F)F)c4)[C@@H]3C)c(OC)cc2F)C1. The molecule has 2 aromatic carbocycles. The van der Waals surface area contributed by atoms with Gasteiger partial charge in [0.05, 0.1) is 44.0 Å². The van der Waals surface area contributed by atoms with Crippen LogP contribution in [0.25, 0.3) is 11.1 Å². The largest absolute Gasteiger partial charge is 0.496 e. The van der Waals surface area contributed by atoms with E-state index in [1.165, 1.54) is 25.2 Å². The van der Waals surface area contributed by atoms with Gasteiger partial charge in [-0.3, -0.25) is 9.69 Å². The first-order valence-electron chi connectivity index (χ1n) is 15.2. The van der Waals surface area contributed by atoms with E-state index in [-0.39, 0.29) is 35.7 Å². The maximum Gasteiger partial charge on any atom is 0.416 e. The number of cyclic esters (lactones) is 1. The minimum absolute atomic E-state index is 0.00480. The van der Waals surface area contributed by atoms with E-state index in [0.717, 1.165) is 37.5 Å². The Morgan fingerprint density at radius 3 is 2.43 bits per heavy atom. The number of anilines is 1. The van der Waals surface area contributed by atoms with E-state index in [9.17, 15) is 22.8 Å². The monoisotopic (exact) mass is 641 g/mol. The third-order valence-electron chi connectivity index (χ3n) is 9.33. The highest BCUT2D eigenvalue weighted by molar-refractivity contribution is 5.77. The van der Waals surface area contributed by atoms with Gasteiger partial charge in [0.2, 0.25) is 0 Å². The number of amides is 1. The number of carbonyl (C=O) groups excluding carboxylic acids is 2. The van der Waals surface area contributed by atoms with Crippen LogP contribution in [0.3, 0.4) is 0 Å². The van der Waals surface area contributed by atoms with Crippen LogP contribution in [0.1, 0.15) is 66.2 Å². The Balaban J connectivity index is 1.36. The second-order valence-electron chi connectivity index (χ2n) is 12.3. The summed E-state index contributed by atoms with van der Waals surface area (Å²) in [5.41, 5.74) is 2.00. The average molecular weight is 642 g/mol. The van der Waals surface area contributed by atoms with E-state index in [2.05, 4.69) is 4.90 Å². The number of methoxy groups -OCH3 is 2. The summed E-state index contributed by atoms with van der Waals surface area (Å²) in [5, 5.41) is 0. The number of pyridine rings is 1. The maximum atomic E-state index is 15.3. The molecule has 1 amide bonds. The molecule has 2 aliphatic heterocycles. The van der Waals surface area contributed by atoms with Crippen LogP contribution in [0, 0.1) is 18.7 Å². The molecule has 3 aromatic rings. The lowest BCUT2D eigenvalue weighted by Gasteiger charge is -2.34. The molecule has 3 heterocycles. The molecule has 12 heteroatoms. The zero-order valence-electron chi connectivity index (χ0n) is 26.0. The summed E-state index contributed by atoms with van der Waals surface area (Å²) in [4.78, 5) is 33.7. The molecule has 244 valence electrons. The van der Waals surface area contributed by atoms with Gasteiger partial charge in [-0.05, 0) is 80.5 Å². The van der Waals surface area contributed by atoms with Crippen LogP contribution in [0.2, 0.25) is 0 Å². The molecule has 0 unspecified atom stereocenters. The Labute approximate surface area is 264 Å². The van der Waals surface area contributed by atoms with Crippen LogP contribution < -0.4 is 9.64 Å². The van der Waals surface area contributed by atoms with Gasteiger partial charge >= 0.3 is 18.2 Å². The lowest BCUT2D eigenvalue weighted by molar-refractivity contribution is -0.149. The van der Waals surface area contributed by atoms with E-state index in [4.69, 9.17) is 19.2 Å². The third-order valence-corrected chi connectivity index (χ3v) is 9.33. The van der Waals surface area contributed by atoms with Crippen molar-refractivity contribution in [1.82, 2.24) is 9.88 Å². The average Bonchev–Trinajstić information content (AvgIpc) is 3.24. The van der Waals surface area contributed by atoms with E-state index < -0.39 is 35.8 Å². The summed E-state index contributed by atoms with van der Waals surface area (Å²) >= 11 is 0. The number of carbonyl (C=O) groups is 2. The second kappa shape index (κ2) is 12.1. The molecule has 6 rings (SSSR count). The Kier molecular flexibility index (Phi) is 8.32. The summed E-state index contributed by atoms with van der Waals surface area (Å²) in [5.74, 6) is -0.240. The first-order valence-corrected chi connectivity index (χ1v) is 15.2. The third kappa shape index (κ3) is 5.85. The molecule has 0 N–H and O–H groups in total. The number of rotatable bonds is 8.